The second-order valence-electron chi connectivity index (χ2n) is 4.81. The number of carbonyl (C=O) groups is 1. The van der Waals surface area contributed by atoms with Crippen LogP contribution >= 0.6 is 15.9 Å². The number of carbonyl (C=O) groups excluding carboxylic acids is 1. The molecule has 0 unspecified atom stereocenters. The average molecular weight is 395 g/mol. The Morgan fingerprint density at radius 1 is 1.08 bits per heavy atom. The average Bonchev–Trinajstić information content (AvgIpc) is 2.60. The van der Waals surface area contributed by atoms with Crippen LogP contribution in [0, 0.1) is 0 Å². The predicted octanol–water partition coefficient (Wildman–Crippen LogP) is 4.22. The van der Waals surface area contributed by atoms with Crippen molar-refractivity contribution in [2.24, 2.45) is 0 Å². The number of halogens is 1. The van der Waals surface area contributed by atoms with E-state index >= 15 is 0 Å². The topological polar surface area (TPSA) is 54.0 Å². The van der Waals surface area contributed by atoms with E-state index in [0.29, 0.717) is 33.9 Å². The van der Waals surface area contributed by atoms with Gasteiger partial charge in [-0.05, 0) is 41.1 Å². The van der Waals surface area contributed by atoms with Crippen LogP contribution in [0.5, 0.6) is 17.2 Å². The van der Waals surface area contributed by atoms with Gasteiger partial charge < -0.3 is 18.9 Å². The number of hydrogen-bond acceptors (Lipinski definition) is 5. The van der Waals surface area contributed by atoms with E-state index in [1.807, 2.05) is 31.2 Å². The molecule has 0 aromatic heterocycles. The van der Waals surface area contributed by atoms with Gasteiger partial charge in [0, 0.05) is 5.56 Å². The zero-order chi connectivity index (χ0) is 17.5. The minimum absolute atomic E-state index is 0.121. The van der Waals surface area contributed by atoms with Gasteiger partial charge in [0.15, 0.2) is 11.5 Å². The fourth-order valence-electron chi connectivity index (χ4n) is 2.20. The Morgan fingerprint density at radius 2 is 1.83 bits per heavy atom. The number of benzene rings is 2. The van der Waals surface area contributed by atoms with E-state index in [4.69, 9.17) is 18.9 Å². The van der Waals surface area contributed by atoms with Crippen LogP contribution in [-0.2, 0) is 11.3 Å². The summed E-state index contributed by atoms with van der Waals surface area (Å²) in [7, 11) is 3.12. The van der Waals surface area contributed by atoms with E-state index < -0.39 is 5.97 Å². The Labute approximate surface area is 149 Å². The molecule has 24 heavy (non-hydrogen) atoms. The minimum Gasteiger partial charge on any atom is -0.496 e. The van der Waals surface area contributed by atoms with Gasteiger partial charge in [0.2, 0.25) is 0 Å². The first-order valence-corrected chi connectivity index (χ1v) is 8.19. The van der Waals surface area contributed by atoms with Gasteiger partial charge in [-0.15, -0.1) is 0 Å². The summed E-state index contributed by atoms with van der Waals surface area (Å²) in [6, 6.07) is 10.6. The first kappa shape index (κ1) is 18.1. The van der Waals surface area contributed by atoms with Gasteiger partial charge in [0.05, 0.1) is 30.9 Å². The van der Waals surface area contributed by atoms with Crippen molar-refractivity contribution in [2.75, 3.05) is 20.8 Å². The Bertz CT molecular complexity index is 715. The standard InChI is InChI=1S/C18H19BrO5/c1-4-23-16-10-13(9-14(19)17(16)22-3)18(20)24-11-12-7-5-6-8-15(12)21-2/h5-10H,4,11H2,1-3H3. The van der Waals surface area contributed by atoms with Gasteiger partial charge in [-0.1, -0.05) is 18.2 Å². The quantitative estimate of drug-likeness (QED) is 0.657. The zero-order valence-corrected chi connectivity index (χ0v) is 15.4. The summed E-state index contributed by atoms with van der Waals surface area (Å²) in [4.78, 5) is 12.3. The monoisotopic (exact) mass is 394 g/mol. The molecule has 0 N–H and O–H groups in total. The van der Waals surface area contributed by atoms with Crippen molar-refractivity contribution < 1.29 is 23.7 Å². The molecule has 2 aromatic rings. The molecule has 0 atom stereocenters. The lowest BCUT2D eigenvalue weighted by atomic mass is 10.2. The number of methoxy groups -OCH3 is 2. The molecular weight excluding hydrogens is 376 g/mol. The van der Waals surface area contributed by atoms with Crippen LogP contribution in [0.15, 0.2) is 40.9 Å². The molecule has 0 saturated heterocycles. The van der Waals surface area contributed by atoms with Gasteiger partial charge in [-0.2, -0.15) is 0 Å². The third-order valence-corrected chi connectivity index (χ3v) is 3.89. The van der Waals surface area contributed by atoms with Crippen LogP contribution in [0.2, 0.25) is 0 Å². The lowest BCUT2D eigenvalue weighted by Gasteiger charge is -2.13. The molecule has 0 bridgehead atoms. The minimum atomic E-state index is -0.454. The molecule has 0 spiro atoms. The fourth-order valence-corrected chi connectivity index (χ4v) is 2.80. The van der Waals surface area contributed by atoms with Crippen LogP contribution < -0.4 is 14.2 Å². The highest BCUT2D eigenvalue weighted by Crippen LogP contribution is 2.36. The maximum absolute atomic E-state index is 12.3. The lowest BCUT2D eigenvalue weighted by molar-refractivity contribution is 0.0469. The van der Waals surface area contributed by atoms with Crippen molar-refractivity contribution in [3.8, 4) is 17.2 Å². The molecule has 0 radical (unpaired) electrons. The van der Waals surface area contributed by atoms with Crippen molar-refractivity contribution in [2.45, 2.75) is 13.5 Å². The summed E-state index contributed by atoms with van der Waals surface area (Å²) in [5.74, 6) is 1.25. The fraction of sp³-hybridized carbons (Fsp3) is 0.278. The molecule has 0 fully saturated rings. The number of para-hydroxylation sites is 1. The first-order valence-electron chi connectivity index (χ1n) is 7.40. The van der Waals surface area contributed by atoms with Crippen molar-refractivity contribution in [3.05, 3.63) is 52.0 Å². The van der Waals surface area contributed by atoms with E-state index in [2.05, 4.69) is 15.9 Å². The summed E-state index contributed by atoms with van der Waals surface area (Å²) in [6.07, 6.45) is 0. The van der Waals surface area contributed by atoms with Crippen molar-refractivity contribution in [1.29, 1.82) is 0 Å². The molecule has 2 aromatic carbocycles. The summed E-state index contributed by atoms with van der Waals surface area (Å²) in [5.41, 5.74) is 1.17. The molecule has 128 valence electrons. The van der Waals surface area contributed by atoms with E-state index in [1.165, 1.54) is 0 Å². The van der Waals surface area contributed by atoms with Crippen molar-refractivity contribution in [1.82, 2.24) is 0 Å². The van der Waals surface area contributed by atoms with Gasteiger partial charge in [-0.3, -0.25) is 0 Å². The third-order valence-electron chi connectivity index (χ3n) is 3.30. The summed E-state index contributed by atoms with van der Waals surface area (Å²) >= 11 is 3.38. The molecule has 0 heterocycles. The number of rotatable bonds is 7. The Hall–Kier alpha value is -2.21. The molecule has 5 nitrogen and oxygen atoms in total. The number of hydrogen-bond donors (Lipinski definition) is 0. The number of ether oxygens (including phenoxy) is 4. The van der Waals surface area contributed by atoms with Gasteiger partial charge >= 0.3 is 5.97 Å². The molecule has 2 rings (SSSR count). The Morgan fingerprint density at radius 3 is 2.50 bits per heavy atom. The maximum Gasteiger partial charge on any atom is 0.338 e. The van der Waals surface area contributed by atoms with E-state index in [9.17, 15) is 4.79 Å². The first-order chi connectivity index (χ1) is 11.6. The van der Waals surface area contributed by atoms with Crippen LogP contribution in [-0.4, -0.2) is 26.8 Å². The molecular formula is C18H19BrO5. The van der Waals surface area contributed by atoms with Crippen molar-refractivity contribution in [3.63, 3.8) is 0 Å². The predicted molar refractivity (Wildman–Crippen MR) is 94.0 cm³/mol. The highest BCUT2D eigenvalue weighted by Gasteiger charge is 2.17. The Kier molecular flexibility index (Phi) is 6.49. The molecule has 0 aliphatic heterocycles. The van der Waals surface area contributed by atoms with Crippen molar-refractivity contribution >= 4 is 21.9 Å². The zero-order valence-electron chi connectivity index (χ0n) is 13.8. The maximum atomic E-state index is 12.3. The van der Waals surface area contributed by atoms with E-state index in [-0.39, 0.29) is 6.61 Å². The SMILES string of the molecule is CCOc1cc(C(=O)OCc2ccccc2OC)cc(Br)c1OC. The van der Waals surface area contributed by atoms with E-state index in [1.54, 1.807) is 26.4 Å². The Balaban J connectivity index is 2.17. The summed E-state index contributed by atoms with van der Waals surface area (Å²) in [5, 5.41) is 0. The number of esters is 1. The van der Waals surface area contributed by atoms with Crippen LogP contribution in [0.3, 0.4) is 0 Å². The van der Waals surface area contributed by atoms with Gasteiger partial charge in [0.25, 0.3) is 0 Å². The smallest absolute Gasteiger partial charge is 0.338 e. The second-order valence-corrected chi connectivity index (χ2v) is 5.66. The van der Waals surface area contributed by atoms with Crippen LogP contribution in [0.4, 0.5) is 0 Å². The molecule has 6 heteroatoms. The molecule has 0 amide bonds. The van der Waals surface area contributed by atoms with Gasteiger partial charge in [-0.25, -0.2) is 4.79 Å². The normalized spacial score (nSPS) is 10.2. The van der Waals surface area contributed by atoms with Crippen LogP contribution in [0.1, 0.15) is 22.8 Å². The second kappa shape index (κ2) is 8.59. The van der Waals surface area contributed by atoms with E-state index in [0.717, 1.165) is 5.56 Å². The summed E-state index contributed by atoms with van der Waals surface area (Å²) < 4.78 is 22.1. The van der Waals surface area contributed by atoms with Gasteiger partial charge in [0.1, 0.15) is 12.4 Å². The largest absolute Gasteiger partial charge is 0.496 e. The summed E-state index contributed by atoms with van der Waals surface area (Å²) in [6.45, 7) is 2.44. The highest BCUT2D eigenvalue weighted by atomic mass is 79.9. The lowest BCUT2D eigenvalue weighted by Crippen LogP contribution is -2.07. The van der Waals surface area contributed by atoms with Crippen LogP contribution in [0.25, 0.3) is 0 Å². The third kappa shape index (κ3) is 4.20. The highest BCUT2D eigenvalue weighted by molar-refractivity contribution is 9.10. The molecule has 0 aliphatic carbocycles. The molecule has 0 saturated carbocycles. The molecule has 0 aliphatic rings.